The van der Waals surface area contributed by atoms with Crippen molar-refractivity contribution >= 4 is 34.0 Å². The van der Waals surface area contributed by atoms with Crippen LogP contribution >= 0.6 is 23.2 Å². The predicted molar refractivity (Wildman–Crippen MR) is 61.8 cm³/mol. The molecule has 2 aromatic heterocycles. The maximum Gasteiger partial charge on any atom is 0.259 e. The maximum atomic E-state index is 13.8. The molecule has 84 valence electrons. The molecule has 2 rings (SSSR count). The number of hydrogen-bond donors (Lipinski definition) is 1. The van der Waals surface area contributed by atoms with Gasteiger partial charge < -0.3 is 4.98 Å². The molecule has 0 bridgehead atoms. The zero-order chi connectivity index (χ0) is 12.0. The molecule has 0 saturated heterocycles. The number of pyridine rings is 2. The summed E-state index contributed by atoms with van der Waals surface area (Å²) < 4.78 is 13.8. The average Bonchev–Trinajstić information content (AvgIpc) is 2.20. The predicted octanol–water partition coefficient (Wildman–Crippen LogP) is 2.99. The van der Waals surface area contributed by atoms with Gasteiger partial charge in [0.1, 0.15) is 5.15 Å². The van der Waals surface area contributed by atoms with Crippen molar-refractivity contribution in [2.24, 2.45) is 0 Å². The Bertz CT molecular complexity index is 643. The minimum absolute atomic E-state index is 0.0340. The lowest BCUT2D eigenvalue weighted by Gasteiger charge is -2.08. The SMILES string of the molecule is Cc1[nH]c(=O)c2c(Cl)nc(Cl)c(F)c2c1C. The van der Waals surface area contributed by atoms with Gasteiger partial charge in [0.2, 0.25) is 0 Å². The molecule has 0 aliphatic carbocycles. The number of H-pyrrole nitrogens is 1. The number of nitrogens with zero attached hydrogens (tertiary/aromatic N) is 1. The first-order valence-electron chi connectivity index (χ1n) is 4.47. The van der Waals surface area contributed by atoms with Gasteiger partial charge in [0, 0.05) is 11.1 Å². The van der Waals surface area contributed by atoms with Gasteiger partial charge in [0.05, 0.1) is 5.39 Å². The lowest BCUT2D eigenvalue weighted by atomic mass is 10.1. The molecular formula is C10H7Cl2FN2O. The molecule has 2 heterocycles. The third-order valence-corrected chi connectivity index (χ3v) is 3.04. The molecule has 0 aliphatic rings. The quantitative estimate of drug-likeness (QED) is 0.741. The highest BCUT2D eigenvalue weighted by Crippen LogP contribution is 2.28. The summed E-state index contributed by atoms with van der Waals surface area (Å²) in [6.07, 6.45) is 0. The van der Waals surface area contributed by atoms with E-state index in [1.54, 1.807) is 13.8 Å². The molecule has 0 aromatic carbocycles. The van der Waals surface area contributed by atoms with E-state index in [0.717, 1.165) is 0 Å². The van der Waals surface area contributed by atoms with Crippen molar-refractivity contribution in [2.45, 2.75) is 13.8 Å². The van der Waals surface area contributed by atoms with Crippen LogP contribution < -0.4 is 5.56 Å². The van der Waals surface area contributed by atoms with Gasteiger partial charge in [0.15, 0.2) is 11.0 Å². The molecule has 1 N–H and O–H groups in total. The number of hydrogen-bond acceptors (Lipinski definition) is 2. The van der Waals surface area contributed by atoms with Crippen molar-refractivity contribution in [3.63, 3.8) is 0 Å². The van der Waals surface area contributed by atoms with Gasteiger partial charge in [-0.2, -0.15) is 0 Å². The first kappa shape index (κ1) is 11.4. The lowest BCUT2D eigenvalue weighted by molar-refractivity contribution is 0.633. The molecule has 0 unspecified atom stereocenters. The number of aromatic nitrogens is 2. The topological polar surface area (TPSA) is 45.8 Å². The second kappa shape index (κ2) is 3.71. The fraction of sp³-hybridized carbons (Fsp3) is 0.200. The standard InChI is InChI=1S/C10H7Cl2FN2O/c1-3-4(2)14-10(16)6-5(3)7(13)9(12)15-8(6)11/h1-2H3,(H,14,16). The summed E-state index contributed by atoms with van der Waals surface area (Å²) in [6, 6.07) is 0. The van der Waals surface area contributed by atoms with E-state index in [4.69, 9.17) is 23.2 Å². The van der Waals surface area contributed by atoms with Crippen LogP contribution in [0.25, 0.3) is 10.8 Å². The Morgan fingerprint density at radius 3 is 2.44 bits per heavy atom. The number of rotatable bonds is 0. The van der Waals surface area contributed by atoms with E-state index in [2.05, 4.69) is 9.97 Å². The Balaban J connectivity index is 3.18. The highest BCUT2D eigenvalue weighted by atomic mass is 35.5. The lowest BCUT2D eigenvalue weighted by Crippen LogP contribution is -2.12. The van der Waals surface area contributed by atoms with Crippen molar-refractivity contribution in [3.05, 3.63) is 37.7 Å². The van der Waals surface area contributed by atoms with Gasteiger partial charge in [-0.1, -0.05) is 23.2 Å². The third-order valence-electron chi connectivity index (χ3n) is 2.52. The molecule has 6 heteroatoms. The first-order chi connectivity index (χ1) is 7.43. The summed E-state index contributed by atoms with van der Waals surface area (Å²) in [5, 5.41) is -0.255. The van der Waals surface area contributed by atoms with Crippen LogP contribution in [0, 0.1) is 19.7 Å². The van der Waals surface area contributed by atoms with Crippen molar-refractivity contribution in [3.8, 4) is 0 Å². The smallest absolute Gasteiger partial charge is 0.259 e. The first-order valence-corrected chi connectivity index (χ1v) is 5.22. The summed E-state index contributed by atoms with van der Waals surface area (Å²) in [5.41, 5.74) is 0.708. The Morgan fingerprint density at radius 1 is 1.19 bits per heavy atom. The van der Waals surface area contributed by atoms with Gasteiger partial charge in [-0.25, -0.2) is 9.37 Å². The van der Waals surface area contributed by atoms with Gasteiger partial charge in [-0.3, -0.25) is 4.79 Å². The Hall–Kier alpha value is -1.13. The van der Waals surface area contributed by atoms with Crippen molar-refractivity contribution in [1.82, 2.24) is 9.97 Å². The molecule has 3 nitrogen and oxygen atoms in total. The van der Waals surface area contributed by atoms with E-state index in [9.17, 15) is 9.18 Å². The Kier molecular flexibility index (Phi) is 2.64. The Labute approximate surface area is 100 Å². The van der Waals surface area contributed by atoms with Gasteiger partial charge in [-0.15, -0.1) is 0 Å². The van der Waals surface area contributed by atoms with E-state index in [1.165, 1.54) is 0 Å². The molecule has 2 aromatic rings. The number of halogens is 3. The van der Waals surface area contributed by atoms with Gasteiger partial charge in [0.25, 0.3) is 5.56 Å². The van der Waals surface area contributed by atoms with Crippen molar-refractivity contribution < 1.29 is 4.39 Å². The minimum Gasteiger partial charge on any atom is -0.326 e. The molecule has 0 saturated carbocycles. The van der Waals surface area contributed by atoms with Crippen LogP contribution in [-0.4, -0.2) is 9.97 Å². The fourth-order valence-electron chi connectivity index (χ4n) is 1.58. The van der Waals surface area contributed by atoms with Crippen LogP contribution in [0.2, 0.25) is 10.3 Å². The number of fused-ring (bicyclic) bond motifs is 1. The highest BCUT2D eigenvalue weighted by molar-refractivity contribution is 6.36. The van der Waals surface area contributed by atoms with E-state index in [0.29, 0.717) is 11.3 Å². The largest absolute Gasteiger partial charge is 0.326 e. The molecular weight excluding hydrogens is 254 g/mol. The summed E-state index contributed by atoms with van der Waals surface area (Å²) >= 11 is 11.4. The molecule has 0 radical (unpaired) electrons. The molecule has 0 atom stereocenters. The zero-order valence-electron chi connectivity index (χ0n) is 8.49. The van der Waals surface area contributed by atoms with E-state index >= 15 is 0 Å². The van der Waals surface area contributed by atoms with Crippen LogP contribution in [-0.2, 0) is 0 Å². The monoisotopic (exact) mass is 260 g/mol. The molecule has 0 fully saturated rings. The number of aryl methyl sites for hydroxylation is 2. The normalized spacial score (nSPS) is 11.1. The van der Waals surface area contributed by atoms with Crippen LogP contribution in [0.1, 0.15) is 11.3 Å². The molecule has 0 spiro atoms. The van der Waals surface area contributed by atoms with Crippen LogP contribution in [0.15, 0.2) is 4.79 Å². The highest BCUT2D eigenvalue weighted by Gasteiger charge is 2.17. The second-order valence-electron chi connectivity index (χ2n) is 3.46. The average molecular weight is 261 g/mol. The fourth-order valence-corrected chi connectivity index (χ4v) is 2.07. The van der Waals surface area contributed by atoms with Crippen molar-refractivity contribution in [1.29, 1.82) is 0 Å². The van der Waals surface area contributed by atoms with Gasteiger partial charge >= 0.3 is 0 Å². The van der Waals surface area contributed by atoms with E-state index < -0.39 is 11.4 Å². The maximum absolute atomic E-state index is 13.8. The van der Waals surface area contributed by atoms with Crippen LogP contribution in [0.4, 0.5) is 4.39 Å². The Morgan fingerprint density at radius 2 is 1.81 bits per heavy atom. The number of aromatic amines is 1. The summed E-state index contributed by atoms with van der Waals surface area (Å²) in [6.45, 7) is 3.36. The summed E-state index contributed by atoms with van der Waals surface area (Å²) in [4.78, 5) is 17.8. The number of nitrogens with one attached hydrogen (secondary N) is 1. The summed E-state index contributed by atoms with van der Waals surface area (Å²) in [7, 11) is 0. The second-order valence-corrected chi connectivity index (χ2v) is 4.18. The van der Waals surface area contributed by atoms with Crippen molar-refractivity contribution in [2.75, 3.05) is 0 Å². The zero-order valence-corrected chi connectivity index (χ0v) is 10.0. The van der Waals surface area contributed by atoms with E-state index in [1.807, 2.05) is 0 Å². The van der Waals surface area contributed by atoms with Crippen LogP contribution in [0.3, 0.4) is 0 Å². The van der Waals surface area contributed by atoms with E-state index in [-0.39, 0.29) is 21.1 Å². The molecule has 0 amide bonds. The molecule has 16 heavy (non-hydrogen) atoms. The van der Waals surface area contributed by atoms with Gasteiger partial charge in [-0.05, 0) is 19.4 Å². The molecule has 0 aliphatic heterocycles. The minimum atomic E-state index is -0.715. The summed E-state index contributed by atoms with van der Waals surface area (Å²) in [5.74, 6) is -0.715. The van der Waals surface area contributed by atoms with Crippen LogP contribution in [0.5, 0.6) is 0 Å². The third kappa shape index (κ3) is 1.49.